The maximum Gasteiger partial charge on any atom is 0.429 e. The zero-order valence-electron chi connectivity index (χ0n) is 24.2. The molecule has 9 nitrogen and oxygen atoms in total. The summed E-state index contributed by atoms with van der Waals surface area (Å²) in [5.74, 6) is -0.105. The van der Waals surface area contributed by atoms with Crippen LogP contribution in [0.3, 0.4) is 0 Å². The normalized spacial score (nSPS) is 16.0. The van der Waals surface area contributed by atoms with E-state index in [4.69, 9.17) is 4.74 Å². The van der Waals surface area contributed by atoms with E-state index in [1.54, 1.807) is 17.0 Å². The summed E-state index contributed by atoms with van der Waals surface area (Å²) >= 11 is 0. The number of rotatable bonds is 9. The average Bonchev–Trinajstić information content (AvgIpc) is 3.02. The maximum absolute atomic E-state index is 13.6. The number of nitrogens with one attached hydrogen (secondary N) is 1. The van der Waals surface area contributed by atoms with Crippen LogP contribution in [0.5, 0.6) is 0 Å². The molecule has 0 unspecified atom stereocenters. The van der Waals surface area contributed by atoms with E-state index in [1.165, 1.54) is 0 Å². The van der Waals surface area contributed by atoms with Crippen LogP contribution >= 0.6 is 0 Å². The summed E-state index contributed by atoms with van der Waals surface area (Å²) in [5.41, 5.74) is 4.38. The minimum atomic E-state index is -0.447. The van der Waals surface area contributed by atoms with Crippen molar-refractivity contribution in [3.8, 4) is 11.1 Å². The van der Waals surface area contributed by atoms with Gasteiger partial charge in [0.25, 0.3) is 5.91 Å². The van der Waals surface area contributed by atoms with Crippen LogP contribution in [-0.4, -0.2) is 85.6 Å². The van der Waals surface area contributed by atoms with Crippen LogP contribution in [0.1, 0.15) is 35.2 Å². The van der Waals surface area contributed by atoms with Gasteiger partial charge in [0, 0.05) is 50.9 Å². The SMILES string of the molecule is CN(CCOC(=O)N(c1ccccc1-c1ccccc1)N1CCCCC1)C(=O)c1ccc(CN2CCNC(=O)C2)cc1. The van der Waals surface area contributed by atoms with Crippen LogP contribution < -0.4 is 10.3 Å². The number of piperidine rings is 1. The number of anilines is 1. The lowest BCUT2D eigenvalue weighted by Crippen LogP contribution is -2.50. The van der Waals surface area contributed by atoms with Gasteiger partial charge in [-0.1, -0.05) is 67.1 Å². The van der Waals surface area contributed by atoms with Crippen molar-refractivity contribution in [2.24, 2.45) is 0 Å². The number of hydrazine groups is 1. The number of benzene rings is 3. The molecule has 9 heteroatoms. The molecule has 0 radical (unpaired) electrons. The number of hydrogen-bond donors (Lipinski definition) is 1. The van der Waals surface area contributed by atoms with Crippen molar-refractivity contribution in [3.05, 3.63) is 90.0 Å². The molecule has 5 rings (SSSR count). The Bertz CT molecular complexity index is 1360. The molecular weight excluding hydrogens is 530 g/mol. The van der Waals surface area contributed by atoms with E-state index < -0.39 is 6.09 Å². The fraction of sp³-hybridized carbons (Fsp3) is 0.364. The van der Waals surface area contributed by atoms with Crippen molar-refractivity contribution in [2.45, 2.75) is 25.8 Å². The molecule has 2 heterocycles. The Labute approximate surface area is 247 Å². The number of nitrogens with zero attached hydrogens (tertiary/aromatic N) is 4. The van der Waals surface area contributed by atoms with Crippen LogP contribution in [0.2, 0.25) is 0 Å². The third-order valence-corrected chi connectivity index (χ3v) is 7.73. The Morgan fingerprint density at radius 3 is 2.33 bits per heavy atom. The fourth-order valence-electron chi connectivity index (χ4n) is 5.45. The van der Waals surface area contributed by atoms with Gasteiger partial charge in [-0.2, -0.15) is 0 Å². The number of para-hydroxylation sites is 1. The van der Waals surface area contributed by atoms with E-state index in [1.807, 2.05) is 78.9 Å². The summed E-state index contributed by atoms with van der Waals surface area (Å²) in [4.78, 5) is 42.0. The number of likely N-dealkylation sites (N-methyl/N-ethyl adjacent to an activating group) is 1. The van der Waals surface area contributed by atoms with Crippen molar-refractivity contribution in [3.63, 3.8) is 0 Å². The summed E-state index contributed by atoms with van der Waals surface area (Å²) in [5, 5.41) is 6.58. The maximum atomic E-state index is 13.6. The molecular formula is C33H39N5O4. The van der Waals surface area contributed by atoms with Crippen LogP contribution in [0.25, 0.3) is 11.1 Å². The average molecular weight is 570 g/mol. The highest BCUT2D eigenvalue weighted by atomic mass is 16.6. The second-order valence-corrected chi connectivity index (χ2v) is 10.8. The van der Waals surface area contributed by atoms with Gasteiger partial charge in [-0.25, -0.2) is 14.8 Å². The molecule has 0 spiro atoms. The first-order chi connectivity index (χ1) is 20.5. The van der Waals surface area contributed by atoms with E-state index in [0.29, 0.717) is 25.2 Å². The first kappa shape index (κ1) is 29.3. The van der Waals surface area contributed by atoms with Gasteiger partial charge in [0.1, 0.15) is 6.61 Å². The van der Waals surface area contributed by atoms with E-state index in [-0.39, 0.29) is 25.0 Å². The highest BCUT2D eigenvalue weighted by molar-refractivity contribution is 5.94. The van der Waals surface area contributed by atoms with Crippen molar-refractivity contribution < 1.29 is 19.1 Å². The molecule has 3 aromatic rings. The van der Waals surface area contributed by atoms with Crippen LogP contribution in [0.15, 0.2) is 78.9 Å². The third kappa shape index (κ3) is 7.35. The Morgan fingerprint density at radius 2 is 1.60 bits per heavy atom. The van der Waals surface area contributed by atoms with Crippen molar-refractivity contribution in [1.29, 1.82) is 0 Å². The lowest BCUT2D eigenvalue weighted by molar-refractivity contribution is -0.124. The molecule has 2 aliphatic rings. The number of amides is 3. The van der Waals surface area contributed by atoms with Gasteiger partial charge < -0.3 is 15.0 Å². The Hall–Kier alpha value is -4.21. The topological polar surface area (TPSA) is 85.4 Å². The lowest BCUT2D eigenvalue weighted by atomic mass is 10.0. The van der Waals surface area contributed by atoms with Gasteiger partial charge in [0.05, 0.1) is 18.8 Å². The largest absolute Gasteiger partial charge is 0.446 e. The summed E-state index contributed by atoms with van der Waals surface area (Å²) in [6.07, 6.45) is 2.72. The predicted molar refractivity (Wildman–Crippen MR) is 163 cm³/mol. The molecule has 2 aliphatic heterocycles. The number of carbonyl (C=O) groups is 3. The van der Waals surface area contributed by atoms with Crippen molar-refractivity contribution >= 4 is 23.6 Å². The molecule has 0 atom stereocenters. The molecule has 3 aromatic carbocycles. The van der Waals surface area contributed by atoms with Crippen LogP contribution in [0, 0.1) is 0 Å². The van der Waals surface area contributed by atoms with Gasteiger partial charge in [-0.3, -0.25) is 14.5 Å². The van der Waals surface area contributed by atoms with Crippen LogP contribution in [-0.2, 0) is 16.1 Å². The van der Waals surface area contributed by atoms with E-state index in [2.05, 4.69) is 15.2 Å². The van der Waals surface area contributed by atoms with Gasteiger partial charge in [-0.15, -0.1) is 0 Å². The molecule has 2 fully saturated rings. The van der Waals surface area contributed by atoms with Gasteiger partial charge in [-0.05, 0) is 42.2 Å². The smallest absolute Gasteiger partial charge is 0.429 e. The summed E-state index contributed by atoms with van der Waals surface area (Å²) in [6, 6.07) is 25.4. The number of piperazine rings is 1. The van der Waals surface area contributed by atoms with Crippen LogP contribution in [0.4, 0.5) is 10.5 Å². The van der Waals surface area contributed by atoms with Crippen molar-refractivity contribution in [1.82, 2.24) is 20.1 Å². The molecule has 0 aliphatic carbocycles. The molecule has 220 valence electrons. The standard InChI is InChI=1S/C33H39N5O4/c1-35(32(40)28-16-14-26(15-17-28)24-36-21-18-34-31(39)25-36)22-23-42-33(41)38(37-19-8-3-9-20-37)30-13-7-6-12-29(30)27-10-4-2-5-11-27/h2,4-7,10-17H,3,8-9,18-25H2,1H3,(H,34,39). The quantitative estimate of drug-likeness (QED) is 0.411. The van der Waals surface area contributed by atoms with Gasteiger partial charge in [0.15, 0.2) is 0 Å². The second-order valence-electron chi connectivity index (χ2n) is 10.8. The molecule has 0 bridgehead atoms. The fourth-order valence-corrected chi connectivity index (χ4v) is 5.45. The number of hydrogen-bond acceptors (Lipinski definition) is 6. The first-order valence-electron chi connectivity index (χ1n) is 14.7. The van der Waals surface area contributed by atoms with Gasteiger partial charge in [0.2, 0.25) is 5.91 Å². The zero-order chi connectivity index (χ0) is 29.3. The van der Waals surface area contributed by atoms with Gasteiger partial charge >= 0.3 is 6.09 Å². The Morgan fingerprint density at radius 1 is 0.881 bits per heavy atom. The first-order valence-corrected chi connectivity index (χ1v) is 14.7. The lowest BCUT2D eigenvalue weighted by Gasteiger charge is -2.37. The van der Waals surface area contributed by atoms with E-state index >= 15 is 0 Å². The predicted octanol–water partition coefficient (Wildman–Crippen LogP) is 4.40. The monoisotopic (exact) mass is 569 g/mol. The Kier molecular flexibility index (Phi) is 9.84. The van der Waals surface area contributed by atoms with Crippen molar-refractivity contribution in [2.75, 3.05) is 57.9 Å². The molecule has 0 saturated carbocycles. The molecule has 1 N–H and O–H groups in total. The number of carbonyl (C=O) groups excluding carboxylic acids is 3. The summed E-state index contributed by atoms with van der Waals surface area (Å²) < 4.78 is 5.79. The minimum absolute atomic E-state index is 0.0369. The number of ether oxygens (including phenoxy) is 1. The highest BCUT2D eigenvalue weighted by Gasteiger charge is 2.28. The summed E-state index contributed by atoms with van der Waals surface area (Å²) in [6.45, 7) is 4.40. The Balaban J connectivity index is 1.20. The third-order valence-electron chi connectivity index (χ3n) is 7.73. The zero-order valence-corrected chi connectivity index (χ0v) is 24.2. The second kappa shape index (κ2) is 14.1. The summed E-state index contributed by atoms with van der Waals surface area (Å²) in [7, 11) is 1.71. The minimum Gasteiger partial charge on any atom is -0.446 e. The molecule has 42 heavy (non-hydrogen) atoms. The molecule has 3 amide bonds. The highest BCUT2D eigenvalue weighted by Crippen LogP contribution is 2.33. The van der Waals surface area contributed by atoms with E-state index in [9.17, 15) is 14.4 Å². The molecule has 0 aromatic heterocycles. The van der Waals surface area contributed by atoms with E-state index in [0.717, 1.165) is 61.3 Å². The molecule has 2 saturated heterocycles.